The van der Waals surface area contributed by atoms with Crippen molar-refractivity contribution in [3.8, 4) is 0 Å². The number of nitrogens with zero attached hydrogens (tertiary/aromatic N) is 1. The Balaban J connectivity index is 1.42. The fourth-order valence-electron chi connectivity index (χ4n) is 3.68. The molecular formula is C25H16N2O3. The van der Waals surface area contributed by atoms with Gasteiger partial charge in [0.15, 0.2) is 0 Å². The number of hydrogen-bond acceptors (Lipinski definition) is 3. The molecular weight excluding hydrogens is 376 g/mol. The molecule has 5 heteroatoms. The molecule has 1 heterocycles. The zero-order chi connectivity index (χ0) is 20.7. The summed E-state index contributed by atoms with van der Waals surface area (Å²) >= 11 is 0. The van der Waals surface area contributed by atoms with Crippen LogP contribution in [0.4, 0.5) is 11.4 Å². The normalized spacial score (nSPS) is 12.9. The van der Waals surface area contributed by atoms with Crippen LogP contribution in [-0.4, -0.2) is 17.7 Å². The standard InChI is InChI=1S/C25H16N2O3/c28-23(18-13-12-16-6-1-2-7-17(16)14-18)26-19-8-5-9-20(15-19)27-24(29)21-10-3-4-11-22(21)25(27)30/h1-15H,(H,26,28). The van der Waals surface area contributed by atoms with Crippen molar-refractivity contribution < 1.29 is 14.4 Å². The first-order chi connectivity index (χ1) is 14.6. The Hall–Kier alpha value is -4.25. The molecule has 4 aromatic rings. The molecule has 0 saturated carbocycles. The van der Waals surface area contributed by atoms with Gasteiger partial charge in [-0.05, 0) is 53.2 Å². The fourth-order valence-corrected chi connectivity index (χ4v) is 3.68. The number of rotatable bonds is 3. The molecule has 1 N–H and O–H groups in total. The van der Waals surface area contributed by atoms with Gasteiger partial charge >= 0.3 is 0 Å². The SMILES string of the molecule is O=C(Nc1cccc(N2C(=O)c3ccccc3C2=O)c1)c1ccc2ccccc2c1. The number of imide groups is 1. The topological polar surface area (TPSA) is 66.5 Å². The van der Waals surface area contributed by atoms with E-state index in [1.807, 2.05) is 36.4 Å². The van der Waals surface area contributed by atoms with Crippen molar-refractivity contribution in [2.75, 3.05) is 10.2 Å². The second-order valence-electron chi connectivity index (χ2n) is 7.06. The van der Waals surface area contributed by atoms with Crippen molar-refractivity contribution in [2.45, 2.75) is 0 Å². The number of benzene rings is 4. The van der Waals surface area contributed by atoms with Crippen LogP contribution in [0.5, 0.6) is 0 Å². The van der Waals surface area contributed by atoms with Gasteiger partial charge < -0.3 is 5.32 Å². The maximum absolute atomic E-state index is 12.7. The van der Waals surface area contributed by atoms with Crippen molar-refractivity contribution in [1.82, 2.24) is 0 Å². The van der Waals surface area contributed by atoms with E-state index in [0.717, 1.165) is 15.7 Å². The lowest BCUT2D eigenvalue weighted by atomic mass is 10.1. The van der Waals surface area contributed by atoms with Gasteiger partial charge in [0.1, 0.15) is 0 Å². The highest BCUT2D eigenvalue weighted by molar-refractivity contribution is 6.34. The molecule has 0 aromatic heterocycles. The summed E-state index contributed by atoms with van der Waals surface area (Å²) in [4.78, 5) is 39.3. The molecule has 3 amide bonds. The molecule has 0 unspecified atom stereocenters. The first kappa shape index (κ1) is 17.8. The van der Waals surface area contributed by atoms with E-state index in [-0.39, 0.29) is 17.7 Å². The van der Waals surface area contributed by atoms with Crippen LogP contribution in [0.3, 0.4) is 0 Å². The fraction of sp³-hybridized carbons (Fsp3) is 0. The summed E-state index contributed by atoms with van der Waals surface area (Å²) in [7, 11) is 0. The molecule has 1 aliphatic heterocycles. The van der Waals surface area contributed by atoms with E-state index >= 15 is 0 Å². The molecule has 0 saturated heterocycles. The molecule has 144 valence electrons. The molecule has 1 aliphatic rings. The van der Waals surface area contributed by atoms with Crippen LogP contribution < -0.4 is 10.2 Å². The molecule has 5 nitrogen and oxygen atoms in total. The summed E-state index contributed by atoms with van der Waals surface area (Å²) in [6.45, 7) is 0. The lowest BCUT2D eigenvalue weighted by molar-refractivity contribution is 0.0925. The van der Waals surface area contributed by atoms with E-state index in [9.17, 15) is 14.4 Å². The van der Waals surface area contributed by atoms with E-state index < -0.39 is 0 Å². The Morgan fingerprint density at radius 3 is 2.07 bits per heavy atom. The number of nitrogens with one attached hydrogen (secondary N) is 1. The van der Waals surface area contributed by atoms with Gasteiger partial charge in [-0.3, -0.25) is 14.4 Å². The van der Waals surface area contributed by atoms with E-state index in [2.05, 4.69) is 5.32 Å². The summed E-state index contributed by atoms with van der Waals surface area (Å²) in [5.74, 6) is -0.998. The summed E-state index contributed by atoms with van der Waals surface area (Å²) < 4.78 is 0. The van der Waals surface area contributed by atoms with Gasteiger partial charge in [-0.2, -0.15) is 0 Å². The van der Waals surface area contributed by atoms with Gasteiger partial charge in [0.25, 0.3) is 17.7 Å². The zero-order valence-corrected chi connectivity index (χ0v) is 15.8. The number of fused-ring (bicyclic) bond motifs is 2. The van der Waals surface area contributed by atoms with Gasteiger partial charge in [-0.15, -0.1) is 0 Å². The van der Waals surface area contributed by atoms with Gasteiger partial charge in [0, 0.05) is 11.3 Å². The van der Waals surface area contributed by atoms with E-state index in [1.54, 1.807) is 54.6 Å². The quantitative estimate of drug-likeness (QED) is 0.505. The van der Waals surface area contributed by atoms with Crippen molar-refractivity contribution in [3.05, 3.63) is 108 Å². The number of carbonyl (C=O) groups excluding carboxylic acids is 3. The predicted molar refractivity (Wildman–Crippen MR) is 116 cm³/mol. The zero-order valence-electron chi connectivity index (χ0n) is 15.8. The first-order valence-electron chi connectivity index (χ1n) is 9.50. The van der Waals surface area contributed by atoms with Crippen LogP contribution >= 0.6 is 0 Å². The number of hydrogen-bond donors (Lipinski definition) is 1. The third-order valence-corrected chi connectivity index (χ3v) is 5.17. The van der Waals surface area contributed by atoms with Crippen LogP contribution in [0.15, 0.2) is 91.0 Å². The third kappa shape index (κ3) is 2.93. The van der Waals surface area contributed by atoms with E-state index in [4.69, 9.17) is 0 Å². The average Bonchev–Trinajstić information content (AvgIpc) is 3.04. The Labute approximate surface area is 172 Å². The highest BCUT2D eigenvalue weighted by Crippen LogP contribution is 2.30. The summed E-state index contributed by atoms with van der Waals surface area (Å²) in [5, 5.41) is 4.88. The molecule has 30 heavy (non-hydrogen) atoms. The van der Waals surface area contributed by atoms with Crippen molar-refractivity contribution in [2.24, 2.45) is 0 Å². The maximum atomic E-state index is 12.7. The van der Waals surface area contributed by atoms with Gasteiger partial charge in [0.05, 0.1) is 16.8 Å². The third-order valence-electron chi connectivity index (χ3n) is 5.17. The van der Waals surface area contributed by atoms with Crippen LogP contribution in [0.25, 0.3) is 10.8 Å². The van der Waals surface area contributed by atoms with E-state index in [1.165, 1.54) is 0 Å². The minimum atomic E-state index is -0.367. The molecule has 0 bridgehead atoms. The molecule has 0 radical (unpaired) electrons. The van der Waals surface area contributed by atoms with E-state index in [0.29, 0.717) is 28.1 Å². The minimum Gasteiger partial charge on any atom is -0.322 e. The van der Waals surface area contributed by atoms with Crippen molar-refractivity contribution >= 4 is 39.9 Å². The second kappa shape index (κ2) is 6.97. The summed E-state index contributed by atoms with van der Waals surface area (Å²) in [6.07, 6.45) is 0. The first-order valence-corrected chi connectivity index (χ1v) is 9.50. The van der Waals surface area contributed by atoms with Crippen molar-refractivity contribution in [1.29, 1.82) is 0 Å². The highest BCUT2D eigenvalue weighted by Gasteiger charge is 2.36. The minimum absolute atomic E-state index is 0.264. The lowest BCUT2D eigenvalue weighted by Crippen LogP contribution is -2.29. The molecule has 0 fully saturated rings. The Kier molecular flexibility index (Phi) is 4.14. The Morgan fingerprint density at radius 2 is 1.33 bits per heavy atom. The summed E-state index contributed by atoms with van der Waals surface area (Å²) in [5.41, 5.74) is 2.21. The molecule has 4 aromatic carbocycles. The monoisotopic (exact) mass is 392 g/mol. The van der Waals surface area contributed by atoms with Gasteiger partial charge in [-0.25, -0.2) is 4.90 Å². The molecule has 0 aliphatic carbocycles. The van der Waals surface area contributed by atoms with Crippen molar-refractivity contribution in [3.63, 3.8) is 0 Å². The predicted octanol–water partition coefficient (Wildman–Crippen LogP) is 4.89. The second-order valence-corrected chi connectivity index (χ2v) is 7.06. The number of amides is 3. The number of anilines is 2. The molecule has 0 spiro atoms. The van der Waals surface area contributed by atoms with Crippen LogP contribution in [0.1, 0.15) is 31.1 Å². The largest absolute Gasteiger partial charge is 0.322 e. The smallest absolute Gasteiger partial charge is 0.266 e. The highest BCUT2D eigenvalue weighted by atomic mass is 16.2. The lowest BCUT2D eigenvalue weighted by Gasteiger charge is -2.15. The molecule has 0 atom stereocenters. The molecule has 5 rings (SSSR count). The van der Waals surface area contributed by atoms with Crippen LogP contribution in [0.2, 0.25) is 0 Å². The summed E-state index contributed by atoms with van der Waals surface area (Å²) in [6, 6.07) is 26.8. The average molecular weight is 392 g/mol. The van der Waals surface area contributed by atoms with Gasteiger partial charge in [-0.1, -0.05) is 48.5 Å². The Morgan fingerprint density at radius 1 is 0.667 bits per heavy atom. The van der Waals surface area contributed by atoms with Gasteiger partial charge in [0.2, 0.25) is 0 Å². The number of carbonyl (C=O) groups is 3. The Bertz CT molecular complexity index is 1310. The van der Waals surface area contributed by atoms with Crippen LogP contribution in [0, 0.1) is 0 Å². The van der Waals surface area contributed by atoms with Crippen LogP contribution in [-0.2, 0) is 0 Å². The maximum Gasteiger partial charge on any atom is 0.266 e.